The number of rotatable bonds is 9. The predicted octanol–water partition coefficient (Wildman–Crippen LogP) is 9.46. The highest BCUT2D eigenvalue weighted by molar-refractivity contribution is 14.1. The molecule has 4 aromatic carbocycles. The maximum absolute atomic E-state index is 13.0. The number of ether oxygens (including phenoxy) is 3. The topological polar surface area (TPSA) is 61.8 Å². The molecule has 0 heterocycles. The largest absolute Gasteiger partial charge is 0.482 e. The van der Waals surface area contributed by atoms with Crippen molar-refractivity contribution in [1.82, 2.24) is 0 Å². The van der Waals surface area contributed by atoms with E-state index in [0.29, 0.717) is 17.1 Å². The van der Waals surface area contributed by atoms with Crippen molar-refractivity contribution in [2.75, 3.05) is 6.61 Å². The summed E-state index contributed by atoms with van der Waals surface area (Å²) in [6.07, 6.45) is 5.20. The first-order valence-corrected chi connectivity index (χ1v) is 18.4. The molecule has 5 rings (SSSR count). The number of carbonyl (C=O) groups is 2. The summed E-state index contributed by atoms with van der Waals surface area (Å²) in [6, 6.07) is 29.8. The predicted molar refractivity (Wildman–Crippen MR) is 194 cm³/mol. The third kappa shape index (κ3) is 8.46. The van der Waals surface area contributed by atoms with Crippen LogP contribution in [0.5, 0.6) is 11.5 Å². The van der Waals surface area contributed by atoms with Crippen molar-refractivity contribution in [3.05, 3.63) is 107 Å². The van der Waals surface area contributed by atoms with Gasteiger partial charge in [0.25, 0.3) is 0 Å². The third-order valence-electron chi connectivity index (χ3n) is 7.18. The molecular weight excluding hydrogens is 901 g/mol. The Labute approximate surface area is 296 Å². The minimum Gasteiger partial charge on any atom is -0.482 e. The Morgan fingerprint density at radius 3 is 1.91 bits per heavy atom. The lowest BCUT2D eigenvalue weighted by atomic mass is 9.86. The molecule has 5 nitrogen and oxygen atoms in total. The molecule has 0 amide bonds. The van der Waals surface area contributed by atoms with Crippen LogP contribution in [-0.4, -0.2) is 24.1 Å². The number of carbonyl (C=O) groups excluding carboxylic acids is 2. The van der Waals surface area contributed by atoms with Crippen molar-refractivity contribution in [3.63, 3.8) is 0 Å². The lowest BCUT2D eigenvalue weighted by Gasteiger charge is -2.33. The fraction of sp³-hybridized carbons (Fsp3) is 0.235. The molecule has 1 aliphatic rings. The Hall–Kier alpha value is -1.84. The monoisotopic (exact) mass is 931 g/mol. The number of esters is 2. The minimum atomic E-state index is -0.405. The van der Waals surface area contributed by atoms with Crippen molar-refractivity contribution >= 4 is 90.6 Å². The van der Waals surface area contributed by atoms with Crippen molar-refractivity contribution < 1.29 is 23.8 Å². The molecule has 0 aliphatic heterocycles. The van der Waals surface area contributed by atoms with E-state index >= 15 is 0 Å². The van der Waals surface area contributed by atoms with E-state index in [1.807, 2.05) is 85.8 Å². The van der Waals surface area contributed by atoms with Gasteiger partial charge in [-0.15, -0.1) is 0 Å². The van der Waals surface area contributed by atoms with Crippen molar-refractivity contribution in [2.45, 2.75) is 59.3 Å². The van der Waals surface area contributed by atoms with Gasteiger partial charge >= 0.3 is 11.9 Å². The lowest BCUT2D eigenvalue weighted by Crippen LogP contribution is -2.35. The Morgan fingerprint density at radius 2 is 1.28 bits per heavy atom. The highest BCUT2D eigenvalue weighted by Crippen LogP contribution is 2.34. The van der Waals surface area contributed by atoms with Gasteiger partial charge in [0.2, 0.25) is 0 Å². The molecule has 1 fully saturated rings. The molecule has 1 saturated carbocycles. The zero-order valence-electron chi connectivity index (χ0n) is 23.5. The summed E-state index contributed by atoms with van der Waals surface area (Å²) < 4.78 is 20.1. The van der Waals surface area contributed by atoms with E-state index in [0.717, 1.165) is 51.1 Å². The van der Waals surface area contributed by atoms with E-state index in [1.54, 1.807) is 0 Å². The highest BCUT2D eigenvalue weighted by Gasteiger charge is 2.31. The van der Waals surface area contributed by atoms with E-state index in [1.165, 1.54) is 6.42 Å². The molecule has 0 spiro atoms. The van der Waals surface area contributed by atoms with E-state index in [2.05, 4.69) is 79.9 Å². The van der Waals surface area contributed by atoms with Gasteiger partial charge in [-0.1, -0.05) is 24.6 Å². The number of hydrogen-bond donors (Lipinski definition) is 0. The van der Waals surface area contributed by atoms with Gasteiger partial charge in [-0.3, -0.25) is 0 Å². The fourth-order valence-electron chi connectivity index (χ4n) is 5.00. The van der Waals surface area contributed by atoms with Gasteiger partial charge in [-0.2, -0.15) is 0 Å². The molecule has 1 aliphatic carbocycles. The van der Waals surface area contributed by atoms with Gasteiger partial charge in [0.15, 0.2) is 21.3 Å². The minimum absolute atomic E-state index is 0.111. The van der Waals surface area contributed by atoms with Gasteiger partial charge in [-0.25, -0.2) is 9.59 Å². The Morgan fingerprint density at radius 1 is 0.721 bits per heavy atom. The van der Waals surface area contributed by atoms with Crippen LogP contribution < -0.4 is 9.47 Å². The van der Waals surface area contributed by atoms with Gasteiger partial charge in [0, 0.05) is 10.7 Å². The van der Waals surface area contributed by atoms with E-state index < -0.39 is 10.9 Å². The van der Waals surface area contributed by atoms with Crippen LogP contribution in [0.2, 0.25) is 0 Å². The second-order valence-corrected chi connectivity index (χ2v) is 15.9. The van der Waals surface area contributed by atoms with Crippen LogP contribution in [-0.2, 0) is 20.4 Å². The zero-order valence-corrected chi connectivity index (χ0v) is 30.8. The van der Waals surface area contributed by atoms with Crippen LogP contribution >= 0.6 is 67.8 Å². The number of hydrogen-bond acceptors (Lipinski definition) is 5. The summed E-state index contributed by atoms with van der Waals surface area (Å²) in [7, 11) is -0.405. The summed E-state index contributed by atoms with van der Waals surface area (Å²) >= 11 is 6.59. The second-order valence-electron chi connectivity index (χ2n) is 10.4. The van der Waals surface area contributed by atoms with Crippen LogP contribution in [0.3, 0.4) is 0 Å². The number of halogens is 3. The average Bonchev–Trinajstić information content (AvgIpc) is 3.00. The molecule has 0 aromatic heterocycles. The first-order valence-electron chi connectivity index (χ1n) is 13.9. The standard InChI is InChI=1S/C34H30I3O5S/c1-34(20-6-3-7-21-34)42-30(38)22-40-23-10-14-26(15-11-23)43(25-8-4-2-5-9-25)27-16-12-24(13-17-27)41-33(39)31-28(35)18-19-29(36)32(31)37/h2,4-5,8-19H,3,6-7,20-22H2,1H3/q+1. The average molecular weight is 931 g/mol. The zero-order chi connectivity index (χ0) is 30.4. The lowest BCUT2D eigenvalue weighted by molar-refractivity contribution is -0.163. The number of benzene rings is 4. The third-order valence-corrected chi connectivity index (χ3v) is 13.4. The molecule has 0 radical (unpaired) electrons. The summed E-state index contributed by atoms with van der Waals surface area (Å²) in [6.45, 7) is 1.91. The molecule has 4 aromatic rings. The molecule has 1 atom stereocenters. The van der Waals surface area contributed by atoms with Gasteiger partial charge in [0.1, 0.15) is 17.1 Å². The summed E-state index contributed by atoms with van der Waals surface area (Å²) in [5.41, 5.74) is 0.206. The Kier molecular flexibility index (Phi) is 11.3. The summed E-state index contributed by atoms with van der Waals surface area (Å²) in [5, 5.41) is 0. The van der Waals surface area contributed by atoms with Crippen LogP contribution in [0.25, 0.3) is 0 Å². The van der Waals surface area contributed by atoms with Gasteiger partial charge in [0.05, 0.1) is 16.5 Å². The van der Waals surface area contributed by atoms with Crippen LogP contribution in [0.4, 0.5) is 0 Å². The van der Waals surface area contributed by atoms with Crippen molar-refractivity contribution in [1.29, 1.82) is 0 Å². The van der Waals surface area contributed by atoms with Gasteiger partial charge < -0.3 is 14.2 Å². The summed E-state index contributed by atoms with van der Waals surface area (Å²) in [4.78, 5) is 28.9. The summed E-state index contributed by atoms with van der Waals surface area (Å²) in [5.74, 6) is 0.418. The van der Waals surface area contributed by atoms with Crippen molar-refractivity contribution in [2.24, 2.45) is 0 Å². The maximum atomic E-state index is 13.0. The van der Waals surface area contributed by atoms with Gasteiger partial charge in [-0.05, 0) is 173 Å². The molecule has 1 unspecified atom stereocenters. The van der Waals surface area contributed by atoms with E-state index in [-0.39, 0.29) is 24.1 Å². The second kappa shape index (κ2) is 15.0. The molecule has 9 heteroatoms. The smallest absolute Gasteiger partial charge is 0.345 e. The molecular formula is C34H30I3O5S+. The maximum Gasteiger partial charge on any atom is 0.345 e. The normalized spacial score (nSPS) is 14.9. The van der Waals surface area contributed by atoms with Crippen LogP contribution in [0.1, 0.15) is 49.4 Å². The highest BCUT2D eigenvalue weighted by atomic mass is 127. The molecule has 43 heavy (non-hydrogen) atoms. The Balaban J connectivity index is 1.29. The van der Waals surface area contributed by atoms with E-state index in [9.17, 15) is 9.59 Å². The molecule has 0 saturated heterocycles. The van der Waals surface area contributed by atoms with Crippen LogP contribution in [0, 0.1) is 10.7 Å². The molecule has 0 N–H and O–H groups in total. The van der Waals surface area contributed by atoms with Crippen molar-refractivity contribution in [3.8, 4) is 11.5 Å². The SMILES string of the molecule is CC1(OC(=O)COc2ccc([S+](c3ccccc3)c3ccc(OC(=O)c4c(I)ccc(I)c4I)cc3)cc2)CCCCC1. The molecule has 0 bridgehead atoms. The first kappa shape index (κ1) is 32.6. The van der Waals surface area contributed by atoms with Crippen LogP contribution in [0.15, 0.2) is 106 Å². The fourth-order valence-corrected chi connectivity index (χ4v) is 9.39. The molecule has 222 valence electrons. The first-order chi connectivity index (χ1) is 20.7. The van der Waals surface area contributed by atoms with E-state index in [4.69, 9.17) is 14.2 Å². The quantitative estimate of drug-likeness (QED) is 0.0551. The Bertz CT molecular complexity index is 1570.